The predicted octanol–water partition coefficient (Wildman–Crippen LogP) is 1.72. The topological polar surface area (TPSA) is 98.1 Å². The van der Waals surface area contributed by atoms with Gasteiger partial charge in [0.05, 0.1) is 17.0 Å². The quantitative estimate of drug-likeness (QED) is 0.722. The number of carbonyl (C=O) groups is 1. The van der Waals surface area contributed by atoms with Crippen LogP contribution in [0.2, 0.25) is 0 Å². The molecule has 0 aliphatic carbocycles. The molecule has 0 saturated carbocycles. The fourth-order valence-electron chi connectivity index (χ4n) is 2.40. The van der Waals surface area contributed by atoms with Crippen LogP contribution < -0.4 is 10.7 Å². The molecule has 152 valence electrons. The molecule has 28 heavy (non-hydrogen) atoms. The summed E-state index contributed by atoms with van der Waals surface area (Å²) >= 11 is 0. The average molecular weight is 417 g/mol. The molecular weight excluding hydrogens is 399 g/mol. The van der Waals surface area contributed by atoms with Crippen molar-refractivity contribution < 1.29 is 26.4 Å². The number of hydrogen-bond donors (Lipinski definition) is 1. The summed E-state index contributed by atoms with van der Waals surface area (Å²) in [5, 5.41) is 6.29. The third-order valence-corrected chi connectivity index (χ3v) is 4.75. The van der Waals surface area contributed by atoms with E-state index in [1.807, 2.05) is 0 Å². The minimum absolute atomic E-state index is 0.00442. The highest BCUT2D eigenvalue weighted by Crippen LogP contribution is 2.30. The van der Waals surface area contributed by atoms with Gasteiger partial charge in [0.1, 0.15) is 9.84 Å². The van der Waals surface area contributed by atoms with Crippen LogP contribution in [0.25, 0.3) is 5.69 Å². The van der Waals surface area contributed by atoms with Gasteiger partial charge >= 0.3 is 6.18 Å². The second-order valence-corrected chi connectivity index (χ2v) is 8.46. The van der Waals surface area contributed by atoms with E-state index in [1.165, 1.54) is 19.1 Å². The highest BCUT2D eigenvalue weighted by Gasteiger charge is 2.30. The van der Waals surface area contributed by atoms with E-state index in [0.717, 1.165) is 29.1 Å². The van der Waals surface area contributed by atoms with Gasteiger partial charge in [-0.15, -0.1) is 0 Å². The van der Waals surface area contributed by atoms with Crippen molar-refractivity contribution in [3.8, 4) is 5.69 Å². The maximum Gasteiger partial charge on any atom is 0.416 e. The van der Waals surface area contributed by atoms with E-state index in [9.17, 15) is 31.2 Å². The van der Waals surface area contributed by atoms with Gasteiger partial charge in [-0.25, -0.2) is 13.1 Å². The van der Waals surface area contributed by atoms with Crippen molar-refractivity contribution in [3.05, 3.63) is 57.5 Å². The average Bonchev–Trinajstić information content (AvgIpc) is 2.57. The Balaban J connectivity index is 2.30. The van der Waals surface area contributed by atoms with Crippen LogP contribution in [0.15, 0.2) is 35.1 Å². The molecule has 1 amide bonds. The molecule has 1 aromatic carbocycles. The first-order valence-corrected chi connectivity index (χ1v) is 10.2. The first kappa shape index (κ1) is 21.6. The van der Waals surface area contributed by atoms with Gasteiger partial charge in [0, 0.05) is 24.6 Å². The summed E-state index contributed by atoms with van der Waals surface area (Å²) in [6.07, 6.45) is -3.34. The molecule has 0 saturated heterocycles. The zero-order chi connectivity index (χ0) is 21.1. The van der Waals surface area contributed by atoms with Crippen LogP contribution in [0.4, 0.5) is 13.2 Å². The van der Waals surface area contributed by atoms with Gasteiger partial charge in [-0.2, -0.15) is 18.3 Å². The molecule has 0 aliphatic heterocycles. The van der Waals surface area contributed by atoms with E-state index in [-0.39, 0.29) is 30.1 Å². The van der Waals surface area contributed by atoms with Crippen molar-refractivity contribution in [1.29, 1.82) is 0 Å². The lowest BCUT2D eigenvalue weighted by Gasteiger charge is -2.13. The number of nitrogens with zero attached hydrogens (tertiary/aromatic N) is 2. The normalized spacial score (nSPS) is 12.0. The van der Waals surface area contributed by atoms with Crippen molar-refractivity contribution in [2.45, 2.75) is 19.5 Å². The van der Waals surface area contributed by atoms with E-state index in [1.54, 1.807) is 0 Å². The molecule has 0 aliphatic rings. The maximum absolute atomic E-state index is 12.9. The number of amides is 1. The van der Waals surface area contributed by atoms with Gasteiger partial charge in [0.25, 0.3) is 5.91 Å². The lowest BCUT2D eigenvalue weighted by atomic mass is 10.2. The minimum atomic E-state index is -4.55. The van der Waals surface area contributed by atoms with Gasteiger partial charge < -0.3 is 5.32 Å². The summed E-state index contributed by atoms with van der Waals surface area (Å²) in [6, 6.07) is 5.42. The monoisotopic (exact) mass is 417 g/mol. The molecule has 7 nitrogen and oxygen atoms in total. The Kier molecular flexibility index (Phi) is 6.27. The molecule has 1 N–H and O–H groups in total. The molecule has 0 atom stereocenters. The number of aromatic nitrogens is 2. The molecule has 2 rings (SSSR count). The van der Waals surface area contributed by atoms with Crippen molar-refractivity contribution in [3.63, 3.8) is 0 Å². The van der Waals surface area contributed by atoms with Gasteiger partial charge in [-0.1, -0.05) is 6.07 Å². The minimum Gasteiger partial charge on any atom is -0.350 e. The van der Waals surface area contributed by atoms with Crippen molar-refractivity contribution in [1.82, 2.24) is 15.1 Å². The molecule has 0 spiro atoms. The highest BCUT2D eigenvalue weighted by molar-refractivity contribution is 7.90. The molecule has 0 radical (unpaired) electrons. The van der Waals surface area contributed by atoms with Crippen LogP contribution in [0, 0.1) is 6.92 Å². The van der Waals surface area contributed by atoms with Crippen LogP contribution >= 0.6 is 0 Å². The first-order valence-electron chi connectivity index (χ1n) is 8.13. The number of hydrogen-bond acceptors (Lipinski definition) is 5. The number of halogens is 3. The van der Waals surface area contributed by atoms with Crippen LogP contribution in [-0.4, -0.2) is 42.7 Å². The molecule has 0 fully saturated rings. The number of sulfone groups is 1. The largest absolute Gasteiger partial charge is 0.416 e. The second kappa shape index (κ2) is 8.13. The van der Waals surface area contributed by atoms with Crippen LogP contribution in [0.5, 0.6) is 0 Å². The summed E-state index contributed by atoms with van der Waals surface area (Å²) in [4.78, 5) is 24.3. The summed E-state index contributed by atoms with van der Waals surface area (Å²) in [5.74, 6) is -0.970. The summed E-state index contributed by atoms with van der Waals surface area (Å²) < 4.78 is 62.0. The predicted molar refractivity (Wildman–Crippen MR) is 96.2 cm³/mol. The van der Waals surface area contributed by atoms with Crippen LogP contribution in [0.3, 0.4) is 0 Å². The fourth-order valence-corrected chi connectivity index (χ4v) is 3.07. The Labute approximate surface area is 159 Å². The highest BCUT2D eigenvalue weighted by atomic mass is 32.2. The van der Waals surface area contributed by atoms with Gasteiger partial charge in [-0.05, 0) is 31.5 Å². The zero-order valence-corrected chi connectivity index (χ0v) is 15.9. The molecular formula is C17H18F3N3O4S. The zero-order valence-electron chi connectivity index (χ0n) is 15.1. The third kappa shape index (κ3) is 5.65. The Morgan fingerprint density at radius 2 is 1.93 bits per heavy atom. The molecule has 0 bridgehead atoms. The van der Waals surface area contributed by atoms with Crippen molar-refractivity contribution in [2.75, 3.05) is 18.6 Å². The lowest BCUT2D eigenvalue weighted by molar-refractivity contribution is -0.137. The SMILES string of the molecule is Cc1cc(=O)c(C(=O)NCCCS(C)(=O)=O)nn1-c1cccc(C(F)(F)F)c1. The van der Waals surface area contributed by atoms with E-state index < -0.39 is 38.6 Å². The number of rotatable bonds is 6. The number of nitrogens with one attached hydrogen (secondary N) is 1. The standard InChI is InChI=1S/C17H18F3N3O4S/c1-11-9-14(24)15(16(25)21-7-4-8-28(2,26)27)22-23(11)13-6-3-5-12(10-13)17(18,19)20/h3,5-6,9-10H,4,7-8H2,1-2H3,(H,21,25). The smallest absolute Gasteiger partial charge is 0.350 e. The number of benzene rings is 1. The molecule has 1 aromatic heterocycles. The Morgan fingerprint density at radius 1 is 1.25 bits per heavy atom. The molecule has 0 unspecified atom stereocenters. The number of carbonyl (C=O) groups excluding carboxylic acids is 1. The van der Waals surface area contributed by atoms with Crippen molar-refractivity contribution >= 4 is 15.7 Å². The van der Waals surface area contributed by atoms with E-state index in [4.69, 9.17) is 0 Å². The molecule has 1 heterocycles. The number of alkyl halides is 3. The fraction of sp³-hybridized carbons (Fsp3) is 0.353. The maximum atomic E-state index is 12.9. The Bertz CT molecular complexity index is 1050. The number of aryl methyl sites for hydroxylation is 1. The first-order chi connectivity index (χ1) is 12.9. The van der Waals surface area contributed by atoms with Gasteiger partial charge in [0.15, 0.2) is 5.69 Å². The Morgan fingerprint density at radius 3 is 2.54 bits per heavy atom. The second-order valence-electron chi connectivity index (χ2n) is 6.20. The van der Waals surface area contributed by atoms with E-state index >= 15 is 0 Å². The Hall–Kier alpha value is -2.69. The molecule has 2 aromatic rings. The summed E-state index contributed by atoms with van der Waals surface area (Å²) in [5.41, 5.74) is -1.79. The summed E-state index contributed by atoms with van der Waals surface area (Å²) in [6.45, 7) is 1.48. The van der Waals surface area contributed by atoms with Crippen LogP contribution in [-0.2, 0) is 16.0 Å². The van der Waals surface area contributed by atoms with Gasteiger partial charge in [0.2, 0.25) is 5.43 Å². The van der Waals surface area contributed by atoms with Gasteiger partial charge in [-0.3, -0.25) is 9.59 Å². The lowest BCUT2D eigenvalue weighted by Crippen LogP contribution is -2.33. The van der Waals surface area contributed by atoms with E-state index in [0.29, 0.717) is 0 Å². The third-order valence-electron chi connectivity index (χ3n) is 3.72. The van der Waals surface area contributed by atoms with Crippen molar-refractivity contribution in [2.24, 2.45) is 0 Å². The molecule has 11 heteroatoms. The van der Waals surface area contributed by atoms with Crippen LogP contribution in [0.1, 0.15) is 28.2 Å². The summed E-state index contributed by atoms with van der Waals surface area (Å²) in [7, 11) is -3.18. The van der Waals surface area contributed by atoms with E-state index in [2.05, 4.69) is 10.4 Å².